The molecule has 2 amide bonds. The van der Waals surface area contributed by atoms with Gasteiger partial charge < -0.3 is 24.8 Å². The first kappa shape index (κ1) is 21.7. The first-order valence-electron chi connectivity index (χ1n) is 8.72. The predicted molar refractivity (Wildman–Crippen MR) is 91.4 cm³/mol. The lowest BCUT2D eigenvalue weighted by Crippen LogP contribution is -2.34. The number of hydrogen-bond acceptors (Lipinski definition) is 6. The largest absolute Gasteiger partial charge is 0.465 e. The fraction of sp³-hybridized carbons (Fsp3) is 0.765. The van der Waals surface area contributed by atoms with Crippen LogP contribution < -0.4 is 5.32 Å². The standard InChI is InChI=1S/C17H28N2O7/c1-17(2,3)26-15(22)10-18-13(20)6-4-5-7-14(21)25-12-8-9-19(11-12)16(23)24/h12H,4-11H2,1-3H3,(H,18,20)(H,23,24). The molecule has 1 rings (SSSR count). The van der Waals surface area contributed by atoms with Gasteiger partial charge in [-0.2, -0.15) is 0 Å². The zero-order chi connectivity index (χ0) is 19.7. The van der Waals surface area contributed by atoms with Crippen LogP contribution in [0.25, 0.3) is 0 Å². The molecular weight excluding hydrogens is 344 g/mol. The van der Waals surface area contributed by atoms with E-state index < -0.39 is 29.7 Å². The minimum absolute atomic E-state index is 0.170. The molecule has 148 valence electrons. The maximum atomic E-state index is 11.7. The lowest BCUT2D eigenvalue weighted by Gasteiger charge is -2.19. The Kier molecular flexibility index (Phi) is 8.34. The number of amides is 2. The number of likely N-dealkylation sites (tertiary alicyclic amines) is 1. The summed E-state index contributed by atoms with van der Waals surface area (Å²) in [6.07, 6.45) is 0.437. The quantitative estimate of drug-likeness (QED) is 0.486. The van der Waals surface area contributed by atoms with E-state index in [9.17, 15) is 19.2 Å². The van der Waals surface area contributed by atoms with Crippen LogP contribution >= 0.6 is 0 Å². The lowest BCUT2D eigenvalue weighted by molar-refractivity contribution is -0.154. The molecule has 9 heteroatoms. The average Bonchev–Trinajstić information content (AvgIpc) is 2.96. The topological polar surface area (TPSA) is 122 Å². The molecular formula is C17H28N2O7. The minimum Gasteiger partial charge on any atom is -0.465 e. The highest BCUT2D eigenvalue weighted by molar-refractivity contribution is 5.82. The fourth-order valence-corrected chi connectivity index (χ4v) is 2.43. The van der Waals surface area contributed by atoms with E-state index in [0.717, 1.165) is 0 Å². The third kappa shape index (κ3) is 9.24. The fourth-order valence-electron chi connectivity index (χ4n) is 2.43. The third-order valence-electron chi connectivity index (χ3n) is 3.60. The smallest absolute Gasteiger partial charge is 0.407 e. The molecule has 26 heavy (non-hydrogen) atoms. The van der Waals surface area contributed by atoms with Crippen LogP contribution in [-0.2, 0) is 23.9 Å². The van der Waals surface area contributed by atoms with E-state index in [1.165, 1.54) is 4.90 Å². The SMILES string of the molecule is CC(C)(C)OC(=O)CNC(=O)CCCCC(=O)OC1CCN(C(=O)O)C1. The summed E-state index contributed by atoms with van der Waals surface area (Å²) in [6, 6.07) is 0. The molecule has 1 unspecified atom stereocenters. The van der Waals surface area contributed by atoms with Crippen molar-refractivity contribution in [3.8, 4) is 0 Å². The third-order valence-corrected chi connectivity index (χ3v) is 3.60. The molecule has 0 aromatic carbocycles. The summed E-state index contributed by atoms with van der Waals surface area (Å²) in [6.45, 7) is 5.63. The molecule has 1 aliphatic rings. The maximum Gasteiger partial charge on any atom is 0.407 e. The zero-order valence-corrected chi connectivity index (χ0v) is 15.6. The molecule has 1 aliphatic heterocycles. The first-order valence-corrected chi connectivity index (χ1v) is 8.72. The van der Waals surface area contributed by atoms with Crippen LogP contribution in [0.3, 0.4) is 0 Å². The van der Waals surface area contributed by atoms with Crippen molar-refractivity contribution in [2.24, 2.45) is 0 Å². The highest BCUT2D eigenvalue weighted by Crippen LogP contribution is 2.14. The molecule has 0 radical (unpaired) electrons. The lowest BCUT2D eigenvalue weighted by atomic mass is 10.2. The predicted octanol–water partition coefficient (Wildman–Crippen LogP) is 1.30. The Morgan fingerprint density at radius 2 is 1.77 bits per heavy atom. The van der Waals surface area contributed by atoms with Crippen molar-refractivity contribution in [1.82, 2.24) is 10.2 Å². The summed E-state index contributed by atoms with van der Waals surface area (Å²) < 4.78 is 10.3. The van der Waals surface area contributed by atoms with Gasteiger partial charge in [-0.15, -0.1) is 0 Å². The van der Waals surface area contributed by atoms with Crippen LogP contribution in [0, 0.1) is 0 Å². The van der Waals surface area contributed by atoms with Crippen molar-refractivity contribution in [2.45, 2.75) is 64.6 Å². The highest BCUT2D eigenvalue weighted by atomic mass is 16.6. The van der Waals surface area contributed by atoms with Gasteiger partial charge in [-0.3, -0.25) is 14.4 Å². The molecule has 1 saturated heterocycles. The Morgan fingerprint density at radius 1 is 1.12 bits per heavy atom. The normalized spacial score (nSPS) is 16.9. The molecule has 0 aromatic rings. The molecule has 0 spiro atoms. The Bertz CT molecular complexity index is 528. The van der Waals surface area contributed by atoms with Crippen LogP contribution in [0.15, 0.2) is 0 Å². The van der Waals surface area contributed by atoms with Gasteiger partial charge in [0.2, 0.25) is 5.91 Å². The number of carbonyl (C=O) groups is 4. The van der Waals surface area contributed by atoms with Gasteiger partial charge in [-0.25, -0.2) is 4.79 Å². The number of carboxylic acid groups (broad SMARTS) is 1. The molecule has 1 fully saturated rings. The first-order chi connectivity index (χ1) is 12.1. The number of ether oxygens (including phenoxy) is 2. The monoisotopic (exact) mass is 372 g/mol. The summed E-state index contributed by atoms with van der Waals surface area (Å²) in [5, 5.41) is 11.3. The average molecular weight is 372 g/mol. The molecule has 1 atom stereocenters. The Balaban J connectivity index is 2.09. The Hall–Kier alpha value is -2.32. The number of rotatable bonds is 8. The van der Waals surface area contributed by atoms with E-state index in [4.69, 9.17) is 14.6 Å². The van der Waals surface area contributed by atoms with Crippen LogP contribution in [0.2, 0.25) is 0 Å². The van der Waals surface area contributed by atoms with E-state index in [1.807, 2.05) is 0 Å². The van der Waals surface area contributed by atoms with Gasteiger partial charge in [0.05, 0.1) is 6.54 Å². The van der Waals surface area contributed by atoms with Gasteiger partial charge in [0.15, 0.2) is 0 Å². The summed E-state index contributed by atoms with van der Waals surface area (Å²) in [7, 11) is 0. The Labute approximate surface area is 153 Å². The van der Waals surface area contributed by atoms with Gasteiger partial charge >= 0.3 is 18.0 Å². The minimum atomic E-state index is -1.01. The molecule has 0 aliphatic carbocycles. The van der Waals surface area contributed by atoms with E-state index in [1.54, 1.807) is 20.8 Å². The van der Waals surface area contributed by atoms with Crippen molar-refractivity contribution >= 4 is 23.9 Å². The molecule has 9 nitrogen and oxygen atoms in total. The maximum absolute atomic E-state index is 11.7. The van der Waals surface area contributed by atoms with Crippen LogP contribution in [0.5, 0.6) is 0 Å². The van der Waals surface area contributed by atoms with Crippen LogP contribution in [0.4, 0.5) is 4.79 Å². The second-order valence-electron chi connectivity index (χ2n) is 7.20. The van der Waals surface area contributed by atoms with Crippen LogP contribution in [0.1, 0.15) is 52.9 Å². The van der Waals surface area contributed by atoms with Gasteiger partial charge in [0.25, 0.3) is 0 Å². The number of carbonyl (C=O) groups excluding carboxylic acids is 3. The molecule has 2 N–H and O–H groups in total. The Morgan fingerprint density at radius 3 is 2.35 bits per heavy atom. The van der Waals surface area contributed by atoms with Gasteiger partial charge in [-0.1, -0.05) is 0 Å². The van der Waals surface area contributed by atoms with E-state index in [2.05, 4.69) is 5.32 Å². The van der Waals surface area contributed by atoms with E-state index in [-0.39, 0.29) is 31.8 Å². The van der Waals surface area contributed by atoms with Crippen molar-refractivity contribution in [3.05, 3.63) is 0 Å². The summed E-state index contributed by atoms with van der Waals surface area (Å²) in [5.41, 5.74) is -0.594. The molecule has 0 saturated carbocycles. The number of nitrogens with zero attached hydrogens (tertiary/aromatic N) is 1. The second-order valence-corrected chi connectivity index (χ2v) is 7.20. The van der Waals surface area contributed by atoms with Gasteiger partial charge in [-0.05, 0) is 33.6 Å². The zero-order valence-electron chi connectivity index (χ0n) is 15.6. The number of hydrogen-bond donors (Lipinski definition) is 2. The van der Waals surface area contributed by atoms with Crippen molar-refractivity contribution in [2.75, 3.05) is 19.6 Å². The second kappa shape index (κ2) is 9.98. The summed E-state index contributed by atoms with van der Waals surface area (Å²) in [4.78, 5) is 46.8. The number of esters is 2. The van der Waals surface area contributed by atoms with Gasteiger partial charge in [0.1, 0.15) is 18.2 Å². The number of unbranched alkanes of at least 4 members (excludes halogenated alkanes) is 1. The molecule has 1 heterocycles. The van der Waals surface area contributed by atoms with Gasteiger partial charge in [0, 0.05) is 25.8 Å². The number of nitrogens with one attached hydrogen (secondary N) is 1. The molecule has 0 bridgehead atoms. The van der Waals surface area contributed by atoms with Crippen molar-refractivity contribution < 1.29 is 33.8 Å². The summed E-state index contributed by atoms with van der Waals surface area (Å²) >= 11 is 0. The summed E-state index contributed by atoms with van der Waals surface area (Å²) in [5.74, 6) is -1.17. The highest BCUT2D eigenvalue weighted by Gasteiger charge is 2.28. The van der Waals surface area contributed by atoms with Crippen molar-refractivity contribution in [1.29, 1.82) is 0 Å². The molecule has 0 aromatic heterocycles. The van der Waals surface area contributed by atoms with Crippen LogP contribution in [-0.4, -0.2) is 65.3 Å². The van der Waals surface area contributed by atoms with Crippen molar-refractivity contribution in [3.63, 3.8) is 0 Å². The van der Waals surface area contributed by atoms with E-state index in [0.29, 0.717) is 25.8 Å². The van der Waals surface area contributed by atoms with E-state index >= 15 is 0 Å².